The van der Waals surface area contributed by atoms with Crippen LogP contribution < -0.4 is 0 Å². The third-order valence-corrected chi connectivity index (χ3v) is 11.7. The van der Waals surface area contributed by atoms with Crippen LogP contribution in [0.5, 0.6) is 0 Å². The molecule has 0 saturated heterocycles. The number of rotatable bonds is 5. The van der Waals surface area contributed by atoms with Crippen LogP contribution in [0.25, 0.3) is 100.0 Å². The Labute approximate surface area is 325 Å². The lowest BCUT2D eigenvalue weighted by molar-refractivity contribution is 0.662. The van der Waals surface area contributed by atoms with Gasteiger partial charge in [0.25, 0.3) is 0 Å². The molecule has 0 bridgehead atoms. The molecular weight excluding hydrogens is 681 g/mol. The summed E-state index contributed by atoms with van der Waals surface area (Å²) in [5, 5.41) is 4.48. The highest BCUT2D eigenvalue weighted by Crippen LogP contribution is 2.52. The topological polar surface area (TPSA) is 38.9 Å². The lowest BCUT2D eigenvalue weighted by Crippen LogP contribution is -2.16. The first-order valence-electron chi connectivity index (χ1n) is 19.2. The molecule has 0 aliphatic heterocycles. The summed E-state index contributed by atoms with van der Waals surface area (Å²) in [6.07, 6.45) is 0. The van der Waals surface area contributed by atoms with E-state index in [1.807, 2.05) is 30.3 Å². The van der Waals surface area contributed by atoms with Crippen LogP contribution in [0, 0.1) is 0 Å². The van der Waals surface area contributed by atoms with E-state index >= 15 is 0 Å². The van der Waals surface area contributed by atoms with Gasteiger partial charge in [0.15, 0.2) is 5.82 Å². The van der Waals surface area contributed by atoms with Crippen molar-refractivity contribution in [3.05, 3.63) is 193 Å². The third-order valence-electron chi connectivity index (χ3n) is 11.7. The van der Waals surface area contributed by atoms with Gasteiger partial charge < -0.3 is 4.42 Å². The van der Waals surface area contributed by atoms with Crippen LogP contribution in [0.2, 0.25) is 0 Å². The molecule has 3 nitrogen and oxygen atoms in total. The average Bonchev–Trinajstić information content (AvgIpc) is 3.75. The van der Waals surface area contributed by atoms with Crippen LogP contribution in [0.1, 0.15) is 25.0 Å². The number of para-hydroxylation sites is 2. The minimum absolute atomic E-state index is 0.0994. The third kappa shape index (κ3) is 4.98. The summed E-state index contributed by atoms with van der Waals surface area (Å²) in [7, 11) is 0. The molecule has 0 N–H and O–H groups in total. The Morgan fingerprint density at radius 2 is 0.946 bits per heavy atom. The maximum Gasteiger partial charge on any atom is 0.160 e. The molecule has 0 atom stereocenters. The number of benzene rings is 8. The molecular formula is C53H36N2O. The zero-order valence-corrected chi connectivity index (χ0v) is 31.1. The van der Waals surface area contributed by atoms with Crippen molar-refractivity contribution in [2.24, 2.45) is 0 Å². The summed E-state index contributed by atoms with van der Waals surface area (Å²) < 4.78 is 6.50. The standard InChI is InChI=1S/C53H36N2O/c1-53(2)46-27-10-8-21-40(46)43-24-13-23-37(50(43)53)35-18-12-17-34(31-35)36-29-30-41(39-20-7-6-19-38(36)39)47-32-48(55-52(54-47)33-15-4-3-5-16-33)45-26-14-25-44-42-22-9-11-28-49(42)56-51(44)45/h3-32H,1-2H3. The van der Waals surface area contributed by atoms with Crippen LogP contribution in [0.3, 0.4) is 0 Å². The molecule has 1 aliphatic rings. The van der Waals surface area contributed by atoms with E-state index in [4.69, 9.17) is 14.4 Å². The van der Waals surface area contributed by atoms with E-state index in [2.05, 4.69) is 166 Å². The maximum atomic E-state index is 6.50. The van der Waals surface area contributed by atoms with Gasteiger partial charge in [-0.15, -0.1) is 0 Å². The van der Waals surface area contributed by atoms with Crippen LogP contribution in [0.15, 0.2) is 186 Å². The van der Waals surface area contributed by atoms with E-state index in [9.17, 15) is 0 Å². The predicted octanol–water partition coefficient (Wildman–Crippen LogP) is 14.2. The molecule has 56 heavy (non-hydrogen) atoms. The summed E-state index contributed by atoms with van der Waals surface area (Å²) in [5.41, 5.74) is 16.6. The smallest absolute Gasteiger partial charge is 0.160 e. The number of aromatic nitrogens is 2. The average molecular weight is 717 g/mol. The van der Waals surface area contributed by atoms with E-state index in [0.29, 0.717) is 5.82 Å². The van der Waals surface area contributed by atoms with Crippen LogP contribution in [-0.2, 0) is 5.41 Å². The Kier molecular flexibility index (Phi) is 7.20. The molecule has 2 aromatic heterocycles. The van der Waals surface area contributed by atoms with E-state index in [-0.39, 0.29) is 5.41 Å². The van der Waals surface area contributed by atoms with Gasteiger partial charge in [0, 0.05) is 32.9 Å². The van der Waals surface area contributed by atoms with Gasteiger partial charge in [0.1, 0.15) is 11.2 Å². The lowest BCUT2D eigenvalue weighted by atomic mass is 9.78. The minimum atomic E-state index is -0.0994. The minimum Gasteiger partial charge on any atom is -0.455 e. The van der Waals surface area contributed by atoms with Crippen LogP contribution >= 0.6 is 0 Å². The predicted molar refractivity (Wildman–Crippen MR) is 232 cm³/mol. The Morgan fingerprint density at radius 1 is 0.393 bits per heavy atom. The number of furan rings is 1. The van der Waals surface area contributed by atoms with Gasteiger partial charge >= 0.3 is 0 Å². The van der Waals surface area contributed by atoms with Crippen molar-refractivity contribution in [1.82, 2.24) is 9.97 Å². The molecule has 0 spiro atoms. The molecule has 264 valence electrons. The van der Waals surface area contributed by atoms with E-state index in [0.717, 1.165) is 55.4 Å². The first-order chi connectivity index (χ1) is 27.5. The number of nitrogens with zero attached hydrogens (tertiary/aromatic N) is 2. The fraction of sp³-hybridized carbons (Fsp3) is 0.0566. The maximum absolute atomic E-state index is 6.50. The summed E-state index contributed by atoms with van der Waals surface area (Å²) in [6, 6.07) is 64.7. The fourth-order valence-electron chi connectivity index (χ4n) is 9.11. The molecule has 10 aromatic rings. The second-order valence-corrected chi connectivity index (χ2v) is 15.3. The Hall–Kier alpha value is -7.10. The summed E-state index contributed by atoms with van der Waals surface area (Å²) >= 11 is 0. The Bertz CT molecular complexity index is 3170. The highest BCUT2D eigenvalue weighted by Gasteiger charge is 2.37. The Morgan fingerprint density at radius 3 is 1.79 bits per heavy atom. The largest absolute Gasteiger partial charge is 0.455 e. The van der Waals surface area contributed by atoms with E-state index in [1.165, 1.54) is 49.9 Å². The summed E-state index contributed by atoms with van der Waals surface area (Å²) in [4.78, 5) is 10.4. The van der Waals surface area contributed by atoms with Gasteiger partial charge in [-0.1, -0.05) is 172 Å². The van der Waals surface area contributed by atoms with E-state index in [1.54, 1.807) is 0 Å². The van der Waals surface area contributed by atoms with Crippen molar-refractivity contribution >= 4 is 32.7 Å². The second kappa shape index (κ2) is 12.5. The van der Waals surface area contributed by atoms with Crippen molar-refractivity contribution in [2.75, 3.05) is 0 Å². The molecule has 0 unspecified atom stereocenters. The molecule has 0 fully saturated rings. The number of hydrogen-bond donors (Lipinski definition) is 0. The highest BCUT2D eigenvalue weighted by molar-refractivity contribution is 6.10. The van der Waals surface area contributed by atoms with Crippen molar-refractivity contribution in [3.8, 4) is 67.3 Å². The molecule has 8 aromatic carbocycles. The monoisotopic (exact) mass is 716 g/mol. The van der Waals surface area contributed by atoms with Gasteiger partial charge in [-0.3, -0.25) is 0 Å². The van der Waals surface area contributed by atoms with Gasteiger partial charge in [-0.05, 0) is 79.5 Å². The van der Waals surface area contributed by atoms with Crippen LogP contribution in [0.4, 0.5) is 0 Å². The Balaban J connectivity index is 1.07. The van der Waals surface area contributed by atoms with Crippen molar-refractivity contribution < 1.29 is 4.42 Å². The van der Waals surface area contributed by atoms with Crippen LogP contribution in [-0.4, -0.2) is 9.97 Å². The molecule has 3 heteroatoms. The molecule has 1 aliphatic carbocycles. The van der Waals surface area contributed by atoms with Gasteiger partial charge in [0.05, 0.1) is 11.4 Å². The number of fused-ring (bicyclic) bond motifs is 7. The van der Waals surface area contributed by atoms with Gasteiger partial charge in [-0.2, -0.15) is 0 Å². The van der Waals surface area contributed by atoms with Gasteiger partial charge in [0.2, 0.25) is 0 Å². The first kappa shape index (κ1) is 32.3. The van der Waals surface area contributed by atoms with E-state index < -0.39 is 0 Å². The quantitative estimate of drug-likeness (QED) is 0.178. The number of hydrogen-bond acceptors (Lipinski definition) is 3. The SMILES string of the molecule is CC1(C)c2ccccc2-c2cccc(-c3cccc(-c4ccc(-c5cc(-c6cccc7c6oc6ccccc67)nc(-c6ccccc6)n5)c5ccccc45)c3)c21. The second-order valence-electron chi connectivity index (χ2n) is 15.3. The fourth-order valence-corrected chi connectivity index (χ4v) is 9.11. The highest BCUT2D eigenvalue weighted by atomic mass is 16.3. The molecule has 0 radical (unpaired) electrons. The normalized spacial score (nSPS) is 13.0. The van der Waals surface area contributed by atoms with Crippen molar-refractivity contribution in [1.29, 1.82) is 0 Å². The zero-order valence-electron chi connectivity index (χ0n) is 31.1. The molecule has 0 amide bonds. The first-order valence-corrected chi connectivity index (χ1v) is 19.2. The van der Waals surface area contributed by atoms with Crippen molar-refractivity contribution in [3.63, 3.8) is 0 Å². The zero-order chi connectivity index (χ0) is 37.4. The summed E-state index contributed by atoms with van der Waals surface area (Å²) in [5.74, 6) is 0.674. The lowest BCUT2D eigenvalue weighted by Gasteiger charge is -2.24. The molecule has 0 saturated carbocycles. The van der Waals surface area contributed by atoms with Crippen molar-refractivity contribution in [2.45, 2.75) is 19.3 Å². The molecule has 11 rings (SSSR count). The van der Waals surface area contributed by atoms with Gasteiger partial charge in [-0.25, -0.2) is 9.97 Å². The molecule has 2 heterocycles. The summed E-state index contributed by atoms with van der Waals surface area (Å²) in [6.45, 7) is 4.71.